The fraction of sp³-hybridized carbons (Fsp3) is 0.684. The Hall–Kier alpha value is -1.86. The zero-order valence-corrected chi connectivity index (χ0v) is 16.2. The Labute approximate surface area is 157 Å². The molecule has 0 atom stereocenters. The van der Waals surface area contributed by atoms with Crippen molar-refractivity contribution >= 4 is 11.8 Å². The monoisotopic (exact) mass is 363 g/mol. The van der Waals surface area contributed by atoms with E-state index in [9.17, 15) is 0 Å². The molecular weight excluding hydrogens is 330 g/mol. The van der Waals surface area contributed by atoms with E-state index in [1.165, 1.54) is 12.8 Å². The summed E-state index contributed by atoms with van der Waals surface area (Å²) in [7, 11) is 1.68. The van der Waals surface area contributed by atoms with Gasteiger partial charge in [0.2, 0.25) is 0 Å². The molecule has 0 spiro atoms. The predicted molar refractivity (Wildman–Crippen MR) is 106 cm³/mol. The van der Waals surface area contributed by atoms with Crippen LogP contribution in [-0.2, 0) is 16.0 Å². The topological polar surface area (TPSA) is 71.0 Å². The molecule has 0 aliphatic carbocycles. The summed E-state index contributed by atoms with van der Waals surface area (Å²) < 4.78 is 10.4. The number of anilines is 1. The number of methoxy groups -OCH3 is 1. The quantitative estimate of drug-likeness (QED) is 0.355. The zero-order valence-electron chi connectivity index (χ0n) is 16.2. The van der Waals surface area contributed by atoms with Gasteiger partial charge in [-0.15, -0.1) is 0 Å². The summed E-state index contributed by atoms with van der Waals surface area (Å²) in [5.41, 5.74) is 1.12. The van der Waals surface area contributed by atoms with Crippen LogP contribution in [0.3, 0.4) is 0 Å². The van der Waals surface area contributed by atoms with Crippen LogP contribution < -0.4 is 15.5 Å². The lowest BCUT2D eigenvalue weighted by Gasteiger charge is -2.16. The van der Waals surface area contributed by atoms with Crippen molar-refractivity contribution in [3.8, 4) is 0 Å². The summed E-state index contributed by atoms with van der Waals surface area (Å²) in [5.74, 6) is 1.90. The Morgan fingerprint density at radius 3 is 2.73 bits per heavy atom. The third-order valence-electron chi connectivity index (χ3n) is 4.19. The Bertz CT molecular complexity index is 515. The molecule has 1 aliphatic rings. The third kappa shape index (κ3) is 7.58. The maximum Gasteiger partial charge on any atom is 0.191 e. The molecule has 1 aromatic rings. The van der Waals surface area contributed by atoms with Crippen molar-refractivity contribution in [3.05, 3.63) is 23.9 Å². The second kappa shape index (κ2) is 12.5. The number of hydrogen-bond donors (Lipinski definition) is 2. The van der Waals surface area contributed by atoms with E-state index in [4.69, 9.17) is 9.47 Å². The van der Waals surface area contributed by atoms with Crippen LogP contribution in [-0.4, -0.2) is 64.1 Å². The summed E-state index contributed by atoms with van der Waals surface area (Å²) in [4.78, 5) is 11.6. The maximum absolute atomic E-state index is 5.46. The lowest BCUT2D eigenvalue weighted by atomic mass is 10.3. The molecule has 7 heteroatoms. The molecule has 0 bridgehead atoms. The van der Waals surface area contributed by atoms with Crippen LogP contribution in [0.25, 0.3) is 0 Å². The van der Waals surface area contributed by atoms with Crippen molar-refractivity contribution in [3.63, 3.8) is 0 Å². The molecule has 1 aromatic heterocycles. The minimum Gasteiger partial charge on any atom is -0.382 e. The van der Waals surface area contributed by atoms with Crippen molar-refractivity contribution < 1.29 is 9.47 Å². The van der Waals surface area contributed by atoms with Gasteiger partial charge in [0.05, 0.1) is 19.8 Å². The van der Waals surface area contributed by atoms with E-state index in [1.54, 1.807) is 7.11 Å². The fourth-order valence-electron chi connectivity index (χ4n) is 2.78. The maximum atomic E-state index is 5.46. The summed E-state index contributed by atoms with van der Waals surface area (Å²) in [5, 5.41) is 6.61. The molecule has 26 heavy (non-hydrogen) atoms. The average Bonchev–Trinajstić information content (AvgIpc) is 3.20. The fourth-order valence-corrected chi connectivity index (χ4v) is 2.78. The van der Waals surface area contributed by atoms with Crippen molar-refractivity contribution in [2.75, 3.05) is 58.0 Å². The number of aliphatic imine (C=N–C) groups is 1. The van der Waals surface area contributed by atoms with E-state index < -0.39 is 0 Å². The Balaban J connectivity index is 1.73. The van der Waals surface area contributed by atoms with Crippen molar-refractivity contribution in [2.24, 2.45) is 4.99 Å². The van der Waals surface area contributed by atoms with Crippen LogP contribution >= 0.6 is 0 Å². The molecule has 146 valence electrons. The summed E-state index contributed by atoms with van der Waals surface area (Å²) >= 11 is 0. The molecule has 0 saturated carbocycles. The van der Waals surface area contributed by atoms with Gasteiger partial charge in [0.15, 0.2) is 5.96 Å². The minimum absolute atomic E-state index is 0.618. The smallest absolute Gasteiger partial charge is 0.191 e. The van der Waals surface area contributed by atoms with E-state index in [1.807, 2.05) is 6.20 Å². The minimum atomic E-state index is 0.618. The van der Waals surface area contributed by atoms with E-state index in [0.717, 1.165) is 56.5 Å². The predicted octanol–water partition coefficient (Wildman–Crippen LogP) is 1.79. The lowest BCUT2D eigenvalue weighted by Crippen LogP contribution is -2.38. The van der Waals surface area contributed by atoms with Gasteiger partial charge in [-0.3, -0.25) is 0 Å². The van der Waals surface area contributed by atoms with Gasteiger partial charge >= 0.3 is 0 Å². The van der Waals surface area contributed by atoms with E-state index in [0.29, 0.717) is 19.8 Å². The van der Waals surface area contributed by atoms with Gasteiger partial charge in [0.1, 0.15) is 5.82 Å². The van der Waals surface area contributed by atoms with Crippen LogP contribution in [0.15, 0.2) is 23.3 Å². The molecule has 0 aromatic carbocycles. The number of nitrogens with one attached hydrogen (secondary N) is 2. The Morgan fingerprint density at radius 1 is 1.19 bits per heavy atom. The molecule has 1 saturated heterocycles. The first kappa shape index (κ1) is 20.5. The third-order valence-corrected chi connectivity index (χ3v) is 4.19. The molecule has 1 fully saturated rings. The number of aromatic nitrogens is 1. The van der Waals surface area contributed by atoms with E-state index >= 15 is 0 Å². The van der Waals surface area contributed by atoms with Gasteiger partial charge in [0.25, 0.3) is 0 Å². The van der Waals surface area contributed by atoms with Gasteiger partial charge in [-0.1, -0.05) is 6.07 Å². The molecule has 0 radical (unpaired) electrons. The molecule has 2 rings (SSSR count). The van der Waals surface area contributed by atoms with Gasteiger partial charge in [-0.05, 0) is 37.8 Å². The number of ether oxygens (including phenoxy) is 2. The summed E-state index contributed by atoms with van der Waals surface area (Å²) in [6.07, 6.45) is 5.40. The van der Waals surface area contributed by atoms with E-state index in [-0.39, 0.29) is 0 Å². The zero-order chi connectivity index (χ0) is 18.5. The van der Waals surface area contributed by atoms with Crippen LogP contribution in [0, 0.1) is 0 Å². The number of guanidine groups is 1. The highest BCUT2D eigenvalue weighted by Crippen LogP contribution is 2.17. The van der Waals surface area contributed by atoms with Crippen LogP contribution in [0.5, 0.6) is 0 Å². The largest absolute Gasteiger partial charge is 0.382 e. The first-order valence-electron chi connectivity index (χ1n) is 9.62. The molecule has 2 heterocycles. The summed E-state index contributed by atoms with van der Waals surface area (Å²) in [6.45, 7) is 8.59. The molecular formula is C19H33N5O2. The number of hydrogen-bond acceptors (Lipinski definition) is 5. The first-order valence-corrected chi connectivity index (χ1v) is 9.62. The highest BCUT2D eigenvalue weighted by molar-refractivity contribution is 5.79. The van der Waals surface area contributed by atoms with Crippen LogP contribution in [0.4, 0.5) is 5.82 Å². The second-order valence-corrected chi connectivity index (χ2v) is 6.30. The van der Waals surface area contributed by atoms with Crippen LogP contribution in [0.1, 0.15) is 31.7 Å². The van der Waals surface area contributed by atoms with Crippen molar-refractivity contribution in [1.82, 2.24) is 15.6 Å². The average molecular weight is 364 g/mol. The molecule has 7 nitrogen and oxygen atoms in total. The SMILES string of the molecule is CCNC(=NCc1ccc(N2CCCC2)nc1)NCCCOCCOC. The van der Waals surface area contributed by atoms with Crippen molar-refractivity contribution in [2.45, 2.75) is 32.7 Å². The highest BCUT2D eigenvalue weighted by Gasteiger charge is 2.12. The first-order chi connectivity index (χ1) is 12.8. The molecule has 0 unspecified atom stereocenters. The Kier molecular flexibility index (Phi) is 9.82. The number of pyridine rings is 1. The second-order valence-electron chi connectivity index (χ2n) is 6.30. The lowest BCUT2D eigenvalue weighted by molar-refractivity contribution is 0.0698. The standard InChI is InChI=1S/C19H33N5O2/c1-3-20-19(21-9-6-12-26-14-13-25-2)23-16-17-7-8-18(22-15-17)24-10-4-5-11-24/h7-8,15H,3-6,9-14,16H2,1-2H3,(H2,20,21,23). The highest BCUT2D eigenvalue weighted by atomic mass is 16.5. The summed E-state index contributed by atoms with van der Waals surface area (Å²) in [6, 6.07) is 4.23. The number of nitrogens with zero attached hydrogens (tertiary/aromatic N) is 3. The number of rotatable bonds is 11. The van der Waals surface area contributed by atoms with Gasteiger partial charge in [0, 0.05) is 46.1 Å². The Morgan fingerprint density at radius 2 is 2.04 bits per heavy atom. The molecule has 0 amide bonds. The molecule has 1 aliphatic heterocycles. The molecule has 2 N–H and O–H groups in total. The van der Waals surface area contributed by atoms with Gasteiger partial charge < -0.3 is 25.0 Å². The van der Waals surface area contributed by atoms with E-state index in [2.05, 4.69) is 44.6 Å². The normalized spacial score (nSPS) is 14.7. The van der Waals surface area contributed by atoms with Gasteiger partial charge in [-0.25, -0.2) is 9.98 Å². The van der Waals surface area contributed by atoms with Crippen LogP contribution in [0.2, 0.25) is 0 Å². The van der Waals surface area contributed by atoms with Crippen molar-refractivity contribution in [1.29, 1.82) is 0 Å². The van der Waals surface area contributed by atoms with Gasteiger partial charge in [-0.2, -0.15) is 0 Å².